The summed E-state index contributed by atoms with van der Waals surface area (Å²) in [7, 11) is 1.57. The summed E-state index contributed by atoms with van der Waals surface area (Å²) in [5.74, 6) is 0.206. The van der Waals surface area contributed by atoms with E-state index in [1.54, 1.807) is 31.0 Å². The van der Waals surface area contributed by atoms with Gasteiger partial charge in [0, 0.05) is 6.07 Å². The molecule has 1 atom stereocenters. The zero-order valence-electron chi connectivity index (χ0n) is 18.4. The number of carbonyl (C=O) groups excluding carboxylic acids is 1. The molecule has 3 aromatic carbocycles. The molecular formula is C24H21N5O4S. The molecule has 0 saturated heterocycles. The molecule has 0 aliphatic heterocycles. The van der Waals surface area contributed by atoms with Gasteiger partial charge in [0.15, 0.2) is 5.16 Å². The maximum absolute atomic E-state index is 13.4. The van der Waals surface area contributed by atoms with Crippen molar-refractivity contribution in [3.8, 4) is 11.4 Å². The molecule has 0 bridgehead atoms. The van der Waals surface area contributed by atoms with Crippen molar-refractivity contribution >= 4 is 29.0 Å². The molecule has 9 nitrogen and oxygen atoms in total. The molecule has 0 fully saturated rings. The number of aromatic nitrogens is 3. The molecule has 34 heavy (non-hydrogen) atoms. The number of nitro benzene ring substituents is 1. The fraction of sp³-hybridized carbons (Fsp3) is 0.125. The summed E-state index contributed by atoms with van der Waals surface area (Å²) in [4.78, 5) is 24.5. The maximum Gasteiger partial charge on any atom is 0.293 e. The second-order valence-electron chi connectivity index (χ2n) is 7.33. The summed E-state index contributed by atoms with van der Waals surface area (Å²) in [5, 5.41) is 22.2. The van der Waals surface area contributed by atoms with E-state index in [1.807, 2.05) is 54.6 Å². The number of hydrogen-bond donors (Lipinski definition) is 1. The quantitative estimate of drug-likeness (QED) is 0.218. The van der Waals surface area contributed by atoms with Crippen molar-refractivity contribution in [1.82, 2.24) is 14.8 Å². The number of ether oxygens (including phenoxy) is 1. The molecule has 0 aliphatic carbocycles. The minimum atomic E-state index is -0.750. The predicted molar refractivity (Wildman–Crippen MR) is 129 cm³/mol. The fourth-order valence-electron chi connectivity index (χ4n) is 3.40. The van der Waals surface area contributed by atoms with Crippen LogP contribution in [0.5, 0.6) is 5.75 Å². The first-order valence-electron chi connectivity index (χ1n) is 10.3. The minimum Gasteiger partial charge on any atom is -0.495 e. The van der Waals surface area contributed by atoms with E-state index in [4.69, 9.17) is 4.74 Å². The van der Waals surface area contributed by atoms with Gasteiger partial charge in [-0.15, -0.1) is 10.2 Å². The van der Waals surface area contributed by atoms with Crippen LogP contribution in [-0.2, 0) is 4.79 Å². The summed E-state index contributed by atoms with van der Waals surface area (Å²) >= 11 is 1.19. The van der Waals surface area contributed by atoms with Crippen molar-refractivity contribution < 1.29 is 14.5 Å². The van der Waals surface area contributed by atoms with E-state index in [-0.39, 0.29) is 11.4 Å². The number of hydrogen-bond acceptors (Lipinski definition) is 7. The van der Waals surface area contributed by atoms with Crippen LogP contribution in [-0.4, -0.2) is 32.7 Å². The molecule has 0 aliphatic rings. The number of benzene rings is 3. The monoisotopic (exact) mass is 475 g/mol. The van der Waals surface area contributed by atoms with Crippen LogP contribution in [0.4, 0.5) is 11.4 Å². The average Bonchev–Trinajstić information content (AvgIpc) is 3.32. The van der Waals surface area contributed by atoms with Gasteiger partial charge in [-0.3, -0.25) is 19.5 Å². The van der Waals surface area contributed by atoms with Gasteiger partial charge in [0.25, 0.3) is 5.69 Å². The van der Waals surface area contributed by atoms with Crippen LogP contribution in [0.15, 0.2) is 84.3 Å². The highest BCUT2D eigenvalue weighted by Gasteiger charge is 2.27. The van der Waals surface area contributed by atoms with Gasteiger partial charge >= 0.3 is 0 Å². The Labute approximate surface area is 199 Å². The molecule has 172 valence electrons. The minimum absolute atomic E-state index is 0.133. The normalized spacial score (nSPS) is 11.6. The number of anilines is 1. The van der Waals surface area contributed by atoms with E-state index >= 15 is 0 Å². The van der Waals surface area contributed by atoms with E-state index < -0.39 is 16.1 Å². The Morgan fingerprint density at radius 1 is 1.12 bits per heavy atom. The van der Waals surface area contributed by atoms with Gasteiger partial charge in [-0.05, 0) is 36.2 Å². The topological polar surface area (TPSA) is 112 Å². The summed E-state index contributed by atoms with van der Waals surface area (Å²) in [6, 6.07) is 21.2. The highest BCUT2D eigenvalue weighted by Crippen LogP contribution is 2.38. The van der Waals surface area contributed by atoms with Crippen molar-refractivity contribution in [3.63, 3.8) is 0 Å². The smallest absolute Gasteiger partial charge is 0.293 e. The molecule has 1 aromatic heterocycles. The lowest BCUT2D eigenvalue weighted by Crippen LogP contribution is -2.20. The first-order valence-corrected chi connectivity index (χ1v) is 11.2. The number of amides is 1. The molecule has 0 unspecified atom stereocenters. The van der Waals surface area contributed by atoms with Crippen LogP contribution in [0.25, 0.3) is 5.69 Å². The standard InChI is InChI=1S/C24H21N5O4S/c1-16-12-13-18(20(14-16)29(31)32)26-23(30)22(17-8-4-3-5-9-17)34-24-27-25-15-28(24)19-10-6-7-11-21(19)33-2/h3-15,22H,1-2H3,(H,26,30)/t22-/m0/s1. The van der Waals surface area contributed by atoms with Gasteiger partial charge in [-0.25, -0.2) is 0 Å². The third-order valence-electron chi connectivity index (χ3n) is 5.03. The van der Waals surface area contributed by atoms with Crippen LogP contribution in [0.3, 0.4) is 0 Å². The Bertz CT molecular complexity index is 1330. The van der Waals surface area contributed by atoms with Crippen molar-refractivity contribution in [1.29, 1.82) is 0 Å². The lowest BCUT2D eigenvalue weighted by molar-refractivity contribution is -0.384. The van der Waals surface area contributed by atoms with Crippen molar-refractivity contribution in [2.24, 2.45) is 0 Å². The van der Waals surface area contributed by atoms with E-state index in [0.717, 1.165) is 11.3 Å². The summed E-state index contributed by atoms with van der Waals surface area (Å²) in [6.45, 7) is 1.76. The summed E-state index contributed by atoms with van der Waals surface area (Å²) < 4.78 is 7.19. The first kappa shape index (κ1) is 23.0. The number of carbonyl (C=O) groups is 1. The second kappa shape index (κ2) is 10.2. The number of methoxy groups -OCH3 is 1. The molecule has 10 heteroatoms. The molecule has 1 amide bonds. The van der Waals surface area contributed by atoms with Crippen LogP contribution in [0.2, 0.25) is 0 Å². The highest BCUT2D eigenvalue weighted by atomic mass is 32.2. The zero-order valence-corrected chi connectivity index (χ0v) is 19.2. The van der Waals surface area contributed by atoms with Gasteiger partial charge in [0.1, 0.15) is 23.0 Å². The lowest BCUT2D eigenvalue weighted by atomic mass is 10.1. The zero-order chi connectivity index (χ0) is 24.1. The molecule has 0 radical (unpaired) electrons. The van der Waals surface area contributed by atoms with Crippen LogP contribution in [0, 0.1) is 17.0 Å². The molecular weight excluding hydrogens is 454 g/mol. The number of nitrogens with zero attached hydrogens (tertiary/aromatic N) is 4. The van der Waals surface area contributed by atoms with Gasteiger partial charge < -0.3 is 10.1 Å². The van der Waals surface area contributed by atoms with Gasteiger partial charge in [-0.2, -0.15) is 0 Å². The van der Waals surface area contributed by atoms with Crippen LogP contribution < -0.4 is 10.1 Å². The van der Waals surface area contributed by atoms with Gasteiger partial charge in [0.05, 0.1) is 17.7 Å². The van der Waals surface area contributed by atoms with Crippen molar-refractivity contribution in [3.05, 3.63) is 100 Å². The van der Waals surface area contributed by atoms with E-state index in [2.05, 4.69) is 15.5 Å². The van der Waals surface area contributed by atoms with Crippen LogP contribution >= 0.6 is 11.8 Å². The molecule has 1 heterocycles. The maximum atomic E-state index is 13.4. The van der Waals surface area contributed by atoms with Crippen LogP contribution in [0.1, 0.15) is 16.4 Å². The molecule has 4 rings (SSSR count). The fourth-order valence-corrected chi connectivity index (χ4v) is 4.43. The third kappa shape index (κ3) is 4.91. The molecule has 0 spiro atoms. The number of nitrogens with one attached hydrogen (secondary N) is 1. The van der Waals surface area contributed by atoms with E-state index in [1.165, 1.54) is 23.9 Å². The predicted octanol–water partition coefficient (Wildman–Crippen LogP) is 4.96. The van der Waals surface area contributed by atoms with E-state index in [9.17, 15) is 14.9 Å². The first-order chi connectivity index (χ1) is 16.5. The Morgan fingerprint density at radius 3 is 2.59 bits per heavy atom. The summed E-state index contributed by atoms with van der Waals surface area (Å²) in [5.41, 5.74) is 2.13. The largest absolute Gasteiger partial charge is 0.495 e. The summed E-state index contributed by atoms with van der Waals surface area (Å²) in [6.07, 6.45) is 1.55. The Hall–Kier alpha value is -4.18. The molecule has 4 aromatic rings. The van der Waals surface area contributed by atoms with Crippen molar-refractivity contribution in [2.75, 3.05) is 12.4 Å². The average molecular weight is 476 g/mol. The number of aryl methyl sites for hydroxylation is 1. The SMILES string of the molecule is COc1ccccc1-n1cnnc1S[C@H](C(=O)Nc1ccc(C)cc1[N+](=O)[O-])c1ccccc1. The van der Waals surface area contributed by atoms with E-state index in [0.29, 0.717) is 16.5 Å². The Balaban J connectivity index is 1.69. The molecule has 1 N–H and O–H groups in total. The van der Waals surface area contributed by atoms with Crippen molar-refractivity contribution in [2.45, 2.75) is 17.3 Å². The van der Waals surface area contributed by atoms with Gasteiger partial charge in [-0.1, -0.05) is 60.3 Å². The highest BCUT2D eigenvalue weighted by molar-refractivity contribution is 8.00. The molecule has 0 saturated carbocycles. The Morgan fingerprint density at radius 2 is 1.85 bits per heavy atom. The Kier molecular flexibility index (Phi) is 6.88. The number of nitro groups is 1. The third-order valence-corrected chi connectivity index (χ3v) is 6.24. The number of rotatable bonds is 8. The lowest BCUT2D eigenvalue weighted by Gasteiger charge is -2.18. The van der Waals surface area contributed by atoms with Gasteiger partial charge in [0.2, 0.25) is 5.91 Å². The number of para-hydroxylation sites is 2. The second-order valence-corrected chi connectivity index (χ2v) is 8.40. The number of thioether (sulfide) groups is 1.